The van der Waals surface area contributed by atoms with Crippen LogP contribution < -0.4 is 4.90 Å². The first-order valence-corrected chi connectivity index (χ1v) is 8.59. The summed E-state index contributed by atoms with van der Waals surface area (Å²) in [5.41, 5.74) is 2.72. The van der Waals surface area contributed by atoms with Gasteiger partial charge < -0.3 is 9.80 Å². The first-order chi connectivity index (χ1) is 10.4. The highest BCUT2D eigenvalue weighted by molar-refractivity contribution is 7.99. The van der Waals surface area contributed by atoms with Gasteiger partial charge in [-0.15, -0.1) is 0 Å². The fraction of sp³-hybridized carbons (Fsp3) is 0.333. The Labute approximate surface area is 130 Å². The van der Waals surface area contributed by atoms with Crippen LogP contribution in [0.1, 0.15) is 12.8 Å². The molecule has 2 aromatic rings. The van der Waals surface area contributed by atoms with Gasteiger partial charge in [-0.2, -0.15) is 0 Å². The predicted octanol–water partition coefficient (Wildman–Crippen LogP) is 4.39. The maximum atomic E-state index is 2.59. The molecule has 0 aromatic heterocycles. The van der Waals surface area contributed by atoms with Crippen molar-refractivity contribution in [3.05, 3.63) is 48.5 Å². The molecule has 0 N–H and O–H groups in total. The van der Waals surface area contributed by atoms with Crippen LogP contribution in [0, 0.1) is 0 Å². The number of hydrogen-bond donors (Lipinski definition) is 0. The average molecular weight is 296 g/mol. The normalized spacial score (nSPS) is 17.6. The fourth-order valence-electron chi connectivity index (χ4n) is 3.27. The Morgan fingerprint density at radius 3 is 1.95 bits per heavy atom. The van der Waals surface area contributed by atoms with Gasteiger partial charge in [0.25, 0.3) is 0 Å². The first kappa shape index (κ1) is 13.2. The van der Waals surface area contributed by atoms with Crippen molar-refractivity contribution < 1.29 is 0 Å². The summed E-state index contributed by atoms with van der Waals surface area (Å²) >= 11 is 1.89. The average Bonchev–Trinajstić information content (AvgIpc) is 3.05. The number of likely N-dealkylation sites (tertiary alicyclic amines) is 1. The molecule has 0 unspecified atom stereocenters. The molecule has 2 aliphatic rings. The van der Waals surface area contributed by atoms with Crippen LogP contribution in [0.15, 0.2) is 58.3 Å². The monoisotopic (exact) mass is 296 g/mol. The summed E-state index contributed by atoms with van der Waals surface area (Å²) < 4.78 is 0. The molecule has 1 saturated heterocycles. The van der Waals surface area contributed by atoms with Crippen LogP contribution in [0.4, 0.5) is 11.4 Å². The second-order valence-corrected chi connectivity index (χ2v) is 6.82. The van der Waals surface area contributed by atoms with E-state index in [1.165, 1.54) is 47.1 Å². The van der Waals surface area contributed by atoms with Gasteiger partial charge in [-0.05, 0) is 50.2 Å². The highest BCUT2D eigenvalue weighted by Crippen LogP contribution is 2.47. The Morgan fingerprint density at radius 1 is 0.762 bits per heavy atom. The van der Waals surface area contributed by atoms with Crippen LogP contribution in [0.3, 0.4) is 0 Å². The third-order valence-electron chi connectivity index (χ3n) is 4.37. The van der Waals surface area contributed by atoms with E-state index in [2.05, 4.69) is 58.3 Å². The molecule has 2 heterocycles. The lowest BCUT2D eigenvalue weighted by molar-refractivity contribution is 0.348. The lowest BCUT2D eigenvalue weighted by Crippen LogP contribution is -2.32. The van der Waals surface area contributed by atoms with Crippen molar-refractivity contribution in [2.75, 3.05) is 31.1 Å². The van der Waals surface area contributed by atoms with Gasteiger partial charge in [-0.1, -0.05) is 36.0 Å². The van der Waals surface area contributed by atoms with Crippen molar-refractivity contribution >= 4 is 23.1 Å². The molecule has 1 fully saturated rings. The van der Waals surface area contributed by atoms with Crippen LogP contribution in [-0.2, 0) is 0 Å². The van der Waals surface area contributed by atoms with E-state index in [1.807, 2.05) is 11.8 Å². The zero-order valence-electron chi connectivity index (χ0n) is 12.2. The maximum absolute atomic E-state index is 2.59. The van der Waals surface area contributed by atoms with Gasteiger partial charge in [0.2, 0.25) is 0 Å². The van der Waals surface area contributed by atoms with Gasteiger partial charge >= 0.3 is 0 Å². The molecule has 0 amide bonds. The second kappa shape index (κ2) is 5.74. The minimum absolute atomic E-state index is 1.08. The van der Waals surface area contributed by atoms with Crippen molar-refractivity contribution in [2.24, 2.45) is 0 Å². The third kappa shape index (κ3) is 2.56. The zero-order valence-corrected chi connectivity index (χ0v) is 13.0. The molecular formula is C18H20N2S. The van der Waals surface area contributed by atoms with E-state index in [4.69, 9.17) is 0 Å². The van der Waals surface area contributed by atoms with Gasteiger partial charge in [0, 0.05) is 22.9 Å². The Morgan fingerprint density at radius 2 is 1.33 bits per heavy atom. The standard InChI is InChI=1S/C18H20N2S/c1-3-9-17-15(7-1)20(14-13-19-11-5-6-12-19)16-8-2-4-10-18(16)21-17/h1-4,7-10H,5-6,11-14H2. The summed E-state index contributed by atoms with van der Waals surface area (Å²) in [5.74, 6) is 0. The molecule has 2 aromatic carbocycles. The number of benzene rings is 2. The summed E-state index contributed by atoms with van der Waals surface area (Å²) in [6, 6.07) is 17.5. The predicted molar refractivity (Wildman–Crippen MR) is 89.7 cm³/mol. The van der Waals surface area contributed by atoms with Crippen molar-refractivity contribution in [2.45, 2.75) is 22.6 Å². The fourth-order valence-corrected chi connectivity index (χ4v) is 4.37. The summed E-state index contributed by atoms with van der Waals surface area (Å²) in [5, 5.41) is 0. The first-order valence-electron chi connectivity index (χ1n) is 7.78. The van der Waals surface area contributed by atoms with Crippen molar-refractivity contribution in [1.82, 2.24) is 4.90 Å². The van der Waals surface area contributed by atoms with Crippen LogP contribution in [0.2, 0.25) is 0 Å². The van der Waals surface area contributed by atoms with Gasteiger partial charge in [0.1, 0.15) is 0 Å². The molecule has 0 spiro atoms. The molecule has 0 atom stereocenters. The minimum atomic E-state index is 1.08. The van der Waals surface area contributed by atoms with E-state index in [9.17, 15) is 0 Å². The van der Waals surface area contributed by atoms with Crippen LogP contribution in [0.5, 0.6) is 0 Å². The van der Waals surface area contributed by atoms with E-state index in [0.29, 0.717) is 0 Å². The molecule has 3 heteroatoms. The second-order valence-electron chi connectivity index (χ2n) is 5.74. The molecule has 0 radical (unpaired) electrons. The number of fused-ring (bicyclic) bond motifs is 2. The van der Waals surface area contributed by atoms with E-state index in [-0.39, 0.29) is 0 Å². The lowest BCUT2D eigenvalue weighted by atomic mass is 10.2. The van der Waals surface area contributed by atoms with E-state index in [0.717, 1.165) is 13.1 Å². The van der Waals surface area contributed by atoms with Gasteiger partial charge in [-0.3, -0.25) is 0 Å². The summed E-state index contributed by atoms with van der Waals surface area (Å²) in [7, 11) is 0. The van der Waals surface area contributed by atoms with Crippen molar-refractivity contribution in [3.8, 4) is 0 Å². The number of para-hydroxylation sites is 2. The minimum Gasteiger partial charge on any atom is -0.338 e. The molecule has 2 aliphatic heterocycles. The molecule has 2 nitrogen and oxygen atoms in total. The van der Waals surface area contributed by atoms with Crippen LogP contribution in [-0.4, -0.2) is 31.1 Å². The van der Waals surface area contributed by atoms with E-state index in [1.54, 1.807) is 0 Å². The summed E-state index contributed by atoms with van der Waals surface area (Å²) in [4.78, 5) is 7.84. The largest absolute Gasteiger partial charge is 0.338 e. The summed E-state index contributed by atoms with van der Waals surface area (Å²) in [6.45, 7) is 4.78. The van der Waals surface area contributed by atoms with Crippen molar-refractivity contribution in [3.63, 3.8) is 0 Å². The van der Waals surface area contributed by atoms with Gasteiger partial charge in [0.15, 0.2) is 0 Å². The third-order valence-corrected chi connectivity index (χ3v) is 5.50. The molecule has 108 valence electrons. The van der Waals surface area contributed by atoms with Gasteiger partial charge in [-0.25, -0.2) is 0 Å². The highest BCUT2D eigenvalue weighted by atomic mass is 32.2. The number of nitrogens with zero attached hydrogens (tertiary/aromatic N) is 2. The zero-order chi connectivity index (χ0) is 14.1. The van der Waals surface area contributed by atoms with E-state index < -0.39 is 0 Å². The lowest BCUT2D eigenvalue weighted by Gasteiger charge is -2.33. The van der Waals surface area contributed by atoms with Crippen molar-refractivity contribution in [1.29, 1.82) is 0 Å². The smallest absolute Gasteiger partial charge is 0.0553 e. The van der Waals surface area contributed by atoms with Gasteiger partial charge in [0.05, 0.1) is 11.4 Å². The van der Waals surface area contributed by atoms with E-state index >= 15 is 0 Å². The number of rotatable bonds is 3. The van der Waals surface area contributed by atoms with Crippen LogP contribution >= 0.6 is 11.8 Å². The summed E-state index contributed by atoms with van der Waals surface area (Å²) in [6.07, 6.45) is 2.73. The molecule has 0 aliphatic carbocycles. The number of anilines is 2. The molecule has 0 saturated carbocycles. The van der Waals surface area contributed by atoms with Crippen LogP contribution in [0.25, 0.3) is 0 Å². The Kier molecular flexibility index (Phi) is 3.62. The molecular weight excluding hydrogens is 276 g/mol. The topological polar surface area (TPSA) is 6.48 Å². The quantitative estimate of drug-likeness (QED) is 0.829. The Bertz CT molecular complexity index is 589. The molecule has 0 bridgehead atoms. The highest BCUT2D eigenvalue weighted by Gasteiger charge is 2.23. The Balaban J connectivity index is 1.64. The maximum Gasteiger partial charge on any atom is 0.0553 e. The molecule has 21 heavy (non-hydrogen) atoms. The Hall–Kier alpha value is -1.45. The SMILES string of the molecule is c1ccc2c(c1)Sc1ccccc1N2CCN1CCCC1. The molecule has 4 rings (SSSR count). The number of hydrogen-bond acceptors (Lipinski definition) is 3.